The third-order valence-corrected chi connectivity index (χ3v) is 3.70. The Kier molecular flexibility index (Phi) is 3.83. The van der Waals surface area contributed by atoms with E-state index in [1.807, 2.05) is 12.4 Å². The highest BCUT2D eigenvalue weighted by Gasteiger charge is 2.25. The van der Waals surface area contributed by atoms with Gasteiger partial charge in [-0.3, -0.25) is 0 Å². The number of nitrogens with two attached hydrogens (primary N) is 1. The molecule has 1 aliphatic carbocycles. The first-order chi connectivity index (χ1) is 7.85. The van der Waals surface area contributed by atoms with Gasteiger partial charge in [0.05, 0.1) is 0 Å². The van der Waals surface area contributed by atoms with Crippen LogP contribution in [0.5, 0.6) is 0 Å². The smallest absolute Gasteiger partial charge is 0.202 e. The van der Waals surface area contributed by atoms with Crippen LogP contribution in [0.3, 0.4) is 0 Å². The van der Waals surface area contributed by atoms with Gasteiger partial charge < -0.3 is 15.6 Å². The van der Waals surface area contributed by atoms with Crippen LogP contribution in [0.1, 0.15) is 26.2 Å². The highest BCUT2D eigenvalue weighted by molar-refractivity contribution is 5.25. The minimum absolute atomic E-state index is 0.706. The van der Waals surface area contributed by atoms with Gasteiger partial charge in [-0.1, -0.05) is 6.42 Å². The molecule has 1 aromatic heterocycles. The molecular formula is C12H22N4. The molecule has 1 fully saturated rings. The first-order valence-corrected chi connectivity index (χ1v) is 6.30. The molecule has 1 aromatic rings. The number of anilines is 1. The fraction of sp³-hybridized carbons (Fsp3) is 0.750. The number of hydrogen-bond donors (Lipinski definition) is 2. The van der Waals surface area contributed by atoms with Gasteiger partial charge >= 0.3 is 0 Å². The van der Waals surface area contributed by atoms with E-state index in [4.69, 9.17) is 5.73 Å². The summed E-state index contributed by atoms with van der Waals surface area (Å²) in [5.74, 6) is 2.43. The molecule has 0 saturated heterocycles. The van der Waals surface area contributed by atoms with Crippen molar-refractivity contribution >= 4 is 5.95 Å². The van der Waals surface area contributed by atoms with E-state index >= 15 is 0 Å². The maximum atomic E-state index is 5.78. The highest BCUT2D eigenvalue weighted by Crippen LogP contribution is 2.30. The quantitative estimate of drug-likeness (QED) is 0.797. The lowest BCUT2D eigenvalue weighted by Crippen LogP contribution is -2.25. The Balaban J connectivity index is 1.87. The summed E-state index contributed by atoms with van der Waals surface area (Å²) in [6.45, 7) is 4.94. The topological polar surface area (TPSA) is 55.9 Å². The number of hydrogen-bond acceptors (Lipinski definition) is 3. The van der Waals surface area contributed by atoms with E-state index in [2.05, 4.69) is 21.8 Å². The molecule has 0 spiro atoms. The average molecular weight is 222 g/mol. The zero-order valence-electron chi connectivity index (χ0n) is 10.0. The molecule has 16 heavy (non-hydrogen) atoms. The lowest BCUT2D eigenvalue weighted by molar-refractivity contribution is 0.413. The lowest BCUT2D eigenvalue weighted by Gasteiger charge is -2.18. The summed E-state index contributed by atoms with van der Waals surface area (Å²) in [5.41, 5.74) is 5.78. The van der Waals surface area contributed by atoms with E-state index in [0.29, 0.717) is 5.92 Å². The normalized spacial score (nSPS) is 24.9. The summed E-state index contributed by atoms with van der Waals surface area (Å²) in [7, 11) is 0. The first kappa shape index (κ1) is 11.5. The molecule has 0 amide bonds. The van der Waals surface area contributed by atoms with Crippen LogP contribution in [-0.4, -0.2) is 22.6 Å². The molecule has 0 aliphatic heterocycles. The van der Waals surface area contributed by atoms with Gasteiger partial charge in [-0.2, -0.15) is 0 Å². The van der Waals surface area contributed by atoms with Crippen LogP contribution < -0.4 is 11.1 Å². The van der Waals surface area contributed by atoms with Crippen LogP contribution in [0.4, 0.5) is 5.95 Å². The third kappa shape index (κ3) is 2.38. The number of aromatic nitrogens is 2. The molecule has 2 atom stereocenters. The average Bonchev–Trinajstić information content (AvgIpc) is 2.94. The molecule has 4 heteroatoms. The van der Waals surface area contributed by atoms with E-state index in [1.165, 1.54) is 19.3 Å². The largest absolute Gasteiger partial charge is 0.355 e. The minimum Gasteiger partial charge on any atom is -0.355 e. The van der Waals surface area contributed by atoms with Crippen molar-refractivity contribution < 1.29 is 0 Å². The van der Waals surface area contributed by atoms with Gasteiger partial charge in [0.15, 0.2) is 0 Å². The zero-order valence-corrected chi connectivity index (χ0v) is 10.0. The summed E-state index contributed by atoms with van der Waals surface area (Å²) < 4.78 is 2.13. The Morgan fingerprint density at radius 1 is 1.50 bits per heavy atom. The van der Waals surface area contributed by atoms with Gasteiger partial charge in [0.1, 0.15) is 0 Å². The summed E-state index contributed by atoms with van der Waals surface area (Å²) in [5, 5.41) is 3.45. The fourth-order valence-corrected chi connectivity index (χ4v) is 2.65. The molecule has 0 radical (unpaired) electrons. The molecule has 2 unspecified atom stereocenters. The highest BCUT2D eigenvalue weighted by atomic mass is 15.2. The predicted molar refractivity (Wildman–Crippen MR) is 66.3 cm³/mol. The van der Waals surface area contributed by atoms with Crippen molar-refractivity contribution in [2.45, 2.75) is 32.7 Å². The van der Waals surface area contributed by atoms with E-state index in [9.17, 15) is 0 Å². The molecule has 4 nitrogen and oxygen atoms in total. The van der Waals surface area contributed by atoms with Gasteiger partial charge in [-0.15, -0.1) is 0 Å². The number of nitrogens with one attached hydrogen (secondary N) is 1. The number of imidazole rings is 1. The van der Waals surface area contributed by atoms with Crippen LogP contribution >= 0.6 is 0 Å². The Bertz CT molecular complexity index is 321. The fourth-order valence-electron chi connectivity index (χ4n) is 2.65. The summed E-state index contributed by atoms with van der Waals surface area (Å²) in [4.78, 5) is 4.32. The second kappa shape index (κ2) is 5.34. The van der Waals surface area contributed by atoms with E-state index in [0.717, 1.165) is 31.5 Å². The molecule has 0 bridgehead atoms. The van der Waals surface area contributed by atoms with Crippen LogP contribution in [0, 0.1) is 11.8 Å². The molecule has 1 saturated carbocycles. The summed E-state index contributed by atoms with van der Waals surface area (Å²) in [6, 6.07) is 0. The Morgan fingerprint density at radius 2 is 2.31 bits per heavy atom. The van der Waals surface area contributed by atoms with E-state index < -0.39 is 0 Å². The van der Waals surface area contributed by atoms with Gasteiger partial charge in [-0.25, -0.2) is 4.98 Å². The first-order valence-electron chi connectivity index (χ1n) is 6.30. The van der Waals surface area contributed by atoms with Crippen molar-refractivity contribution in [1.29, 1.82) is 0 Å². The molecule has 3 N–H and O–H groups in total. The van der Waals surface area contributed by atoms with Crippen LogP contribution in [0.25, 0.3) is 0 Å². The van der Waals surface area contributed by atoms with Crippen LogP contribution in [0.2, 0.25) is 0 Å². The van der Waals surface area contributed by atoms with Gasteiger partial charge in [-0.05, 0) is 38.1 Å². The Labute approximate surface area is 97.2 Å². The van der Waals surface area contributed by atoms with Crippen molar-refractivity contribution in [3.8, 4) is 0 Å². The van der Waals surface area contributed by atoms with Crippen molar-refractivity contribution in [1.82, 2.24) is 9.55 Å². The second-order valence-electron chi connectivity index (χ2n) is 4.60. The molecule has 1 heterocycles. The molecular weight excluding hydrogens is 200 g/mol. The lowest BCUT2D eigenvalue weighted by atomic mass is 9.96. The Morgan fingerprint density at radius 3 is 3.06 bits per heavy atom. The van der Waals surface area contributed by atoms with Gasteiger partial charge in [0.25, 0.3) is 0 Å². The number of aryl methyl sites for hydroxylation is 1. The number of rotatable bonds is 5. The molecule has 2 rings (SSSR count). The molecule has 1 aliphatic rings. The summed E-state index contributed by atoms with van der Waals surface area (Å²) in [6.07, 6.45) is 7.79. The van der Waals surface area contributed by atoms with Crippen molar-refractivity contribution in [3.63, 3.8) is 0 Å². The molecule has 90 valence electrons. The maximum Gasteiger partial charge on any atom is 0.202 e. The van der Waals surface area contributed by atoms with Gasteiger partial charge in [0.2, 0.25) is 5.95 Å². The zero-order chi connectivity index (χ0) is 11.4. The number of nitrogens with zero attached hydrogens (tertiary/aromatic N) is 2. The third-order valence-electron chi connectivity index (χ3n) is 3.70. The van der Waals surface area contributed by atoms with Crippen molar-refractivity contribution in [2.75, 3.05) is 18.4 Å². The predicted octanol–water partition coefficient (Wildman–Crippen LogP) is 1.69. The standard InChI is InChI=1S/C12H22N4/c1-2-16-7-6-14-12(16)15-9-11-5-3-4-10(11)8-13/h6-7,10-11H,2-5,8-9,13H2,1H3,(H,14,15). The van der Waals surface area contributed by atoms with Crippen LogP contribution in [-0.2, 0) is 6.54 Å². The Hall–Kier alpha value is -1.03. The minimum atomic E-state index is 0.706. The van der Waals surface area contributed by atoms with Gasteiger partial charge in [0, 0.05) is 25.5 Å². The van der Waals surface area contributed by atoms with E-state index in [1.54, 1.807) is 0 Å². The summed E-state index contributed by atoms with van der Waals surface area (Å²) >= 11 is 0. The van der Waals surface area contributed by atoms with Crippen LogP contribution in [0.15, 0.2) is 12.4 Å². The second-order valence-corrected chi connectivity index (χ2v) is 4.60. The van der Waals surface area contributed by atoms with E-state index in [-0.39, 0.29) is 0 Å². The van der Waals surface area contributed by atoms with Crippen molar-refractivity contribution in [3.05, 3.63) is 12.4 Å². The van der Waals surface area contributed by atoms with Crippen molar-refractivity contribution in [2.24, 2.45) is 17.6 Å². The maximum absolute atomic E-state index is 5.78. The molecule has 0 aromatic carbocycles. The SMILES string of the molecule is CCn1ccnc1NCC1CCCC1CN. The monoisotopic (exact) mass is 222 g/mol.